The van der Waals surface area contributed by atoms with E-state index in [0.29, 0.717) is 0 Å². The van der Waals surface area contributed by atoms with E-state index in [1.807, 2.05) is 11.3 Å². The molecular weight excluding hydrogens is 446 g/mol. The second-order valence-electron chi connectivity index (χ2n) is 9.47. The van der Waals surface area contributed by atoms with E-state index in [9.17, 15) is 0 Å². The number of benzene rings is 4. The maximum atomic E-state index is 2.55. The maximum Gasteiger partial charge on any atom is 0.131 e. The molecule has 0 aliphatic heterocycles. The highest BCUT2D eigenvalue weighted by Crippen LogP contribution is 2.47. The van der Waals surface area contributed by atoms with Gasteiger partial charge in [-0.1, -0.05) is 48.5 Å². The number of rotatable bonds is 1. The van der Waals surface area contributed by atoms with Gasteiger partial charge in [0.1, 0.15) is 5.65 Å². The molecule has 164 valence electrons. The molecule has 0 saturated heterocycles. The summed E-state index contributed by atoms with van der Waals surface area (Å²) in [6.45, 7) is 0. The van der Waals surface area contributed by atoms with Crippen LogP contribution < -0.4 is 0 Å². The molecule has 3 nitrogen and oxygen atoms in total. The number of hydrogen-bond acceptors (Lipinski definition) is 1. The lowest BCUT2D eigenvalue weighted by molar-refractivity contribution is 1.01. The fraction of sp³-hybridized carbons (Fsp3) is 0.0323. The molecule has 0 atom stereocenters. The van der Waals surface area contributed by atoms with Crippen molar-refractivity contribution in [1.29, 1.82) is 0 Å². The summed E-state index contributed by atoms with van der Waals surface area (Å²) in [6, 6.07) is 33.3. The summed E-state index contributed by atoms with van der Waals surface area (Å²) in [7, 11) is 2.20. The number of fused-ring (bicyclic) bond motifs is 8. The van der Waals surface area contributed by atoms with Gasteiger partial charge in [-0.2, -0.15) is 0 Å². The highest BCUT2D eigenvalue weighted by molar-refractivity contribution is 7.18. The molecule has 0 N–H and O–H groups in total. The number of hydrogen-bond donors (Lipinski definition) is 0. The normalized spacial score (nSPS) is 12.7. The van der Waals surface area contributed by atoms with Crippen molar-refractivity contribution in [2.45, 2.75) is 0 Å². The van der Waals surface area contributed by atoms with Crippen LogP contribution >= 0.6 is 11.3 Å². The molecule has 5 heterocycles. The minimum atomic E-state index is 1.19. The predicted molar refractivity (Wildman–Crippen MR) is 150 cm³/mol. The number of para-hydroxylation sites is 2. The predicted octanol–water partition coefficient (Wildman–Crippen LogP) is 8.49. The first kappa shape index (κ1) is 18.1. The van der Waals surface area contributed by atoms with Gasteiger partial charge in [0.15, 0.2) is 0 Å². The van der Waals surface area contributed by atoms with Crippen LogP contribution in [0.1, 0.15) is 0 Å². The molecule has 35 heavy (non-hydrogen) atoms. The smallest absolute Gasteiger partial charge is 0.131 e. The molecule has 0 bridgehead atoms. The molecule has 0 spiro atoms. The molecule has 0 saturated carbocycles. The van der Waals surface area contributed by atoms with Crippen LogP contribution in [0.4, 0.5) is 0 Å². The van der Waals surface area contributed by atoms with Crippen molar-refractivity contribution in [3.05, 3.63) is 96.4 Å². The van der Waals surface area contributed by atoms with Crippen LogP contribution in [-0.2, 0) is 7.05 Å². The van der Waals surface area contributed by atoms with Crippen LogP contribution in [0.5, 0.6) is 0 Å². The SMILES string of the molecule is Cn1c2cccc3c4sccc4n4c5c(ccc1c5c32)c1c2ccccc2n(-c2ccccc2)c14. The standard InChI is InChI=1S/C31H19N3S/c1-32-23-13-7-11-21-27(23)28-24(32)15-14-20-26-19-10-5-6-12-22(19)33(18-8-3-2-4-9-18)31(26)34(29(20)28)25-16-17-35-30(21)25/h2-17H,1H3. The molecule has 0 fully saturated rings. The molecule has 0 aliphatic rings. The molecule has 0 amide bonds. The third kappa shape index (κ3) is 1.97. The average molecular weight is 466 g/mol. The quantitative estimate of drug-likeness (QED) is 0.231. The highest BCUT2D eigenvalue weighted by atomic mass is 32.1. The minimum Gasteiger partial charge on any atom is -0.344 e. The highest BCUT2D eigenvalue weighted by Gasteiger charge is 2.25. The Labute approximate surface area is 204 Å². The first-order valence-electron chi connectivity index (χ1n) is 11.9. The first-order chi connectivity index (χ1) is 17.3. The van der Waals surface area contributed by atoms with Gasteiger partial charge in [0.25, 0.3) is 0 Å². The zero-order chi connectivity index (χ0) is 22.8. The zero-order valence-corrected chi connectivity index (χ0v) is 19.8. The van der Waals surface area contributed by atoms with Crippen molar-refractivity contribution in [2.75, 3.05) is 0 Å². The second kappa shape index (κ2) is 6.04. The topological polar surface area (TPSA) is 14.3 Å². The molecule has 4 aromatic carbocycles. The van der Waals surface area contributed by atoms with Crippen LogP contribution in [0, 0.1) is 0 Å². The zero-order valence-electron chi connectivity index (χ0n) is 19.0. The van der Waals surface area contributed by atoms with E-state index in [2.05, 4.69) is 117 Å². The Kier molecular flexibility index (Phi) is 3.12. The third-order valence-corrected chi connectivity index (χ3v) is 8.81. The van der Waals surface area contributed by atoms with Crippen LogP contribution in [0.2, 0.25) is 0 Å². The Bertz CT molecular complexity index is 2270. The summed E-state index contributed by atoms with van der Waals surface area (Å²) in [5.74, 6) is 0. The van der Waals surface area contributed by atoms with Crippen molar-refractivity contribution in [1.82, 2.24) is 13.5 Å². The minimum absolute atomic E-state index is 1.19. The van der Waals surface area contributed by atoms with Crippen molar-refractivity contribution in [3.63, 3.8) is 0 Å². The van der Waals surface area contributed by atoms with Crippen LogP contribution in [0.15, 0.2) is 96.4 Å². The maximum absolute atomic E-state index is 2.55. The molecule has 4 heteroatoms. The molecular formula is C31H19N3S. The molecule has 0 unspecified atom stereocenters. The van der Waals surface area contributed by atoms with E-state index < -0.39 is 0 Å². The molecule has 9 rings (SSSR count). The Balaban J connectivity index is 1.74. The summed E-state index contributed by atoms with van der Waals surface area (Å²) >= 11 is 1.84. The van der Waals surface area contributed by atoms with Crippen molar-refractivity contribution < 1.29 is 0 Å². The van der Waals surface area contributed by atoms with E-state index in [0.717, 1.165) is 0 Å². The Morgan fingerprint density at radius 1 is 0.571 bits per heavy atom. The van der Waals surface area contributed by atoms with Gasteiger partial charge in [0, 0.05) is 50.6 Å². The largest absolute Gasteiger partial charge is 0.344 e. The van der Waals surface area contributed by atoms with Gasteiger partial charge in [-0.3, -0.25) is 8.97 Å². The van der Waals surface area contributed by atoms with E-state index in [4.69, 9.17) is 0 Å². The number of nitrogens with zero attached hydrogens (tertiary/aromatic N) is 3. The van der Waals surface area contributed by atoms with E-state index in [1.54, 1.807) is 0 Å². The number of aromatic nitrogens is 3. The monoisotopic (exact) mass is 465 g/mol. The van der Waals surface area contributed by atoms with Crippen LogP contribution in [0.3, 0.4) is 0 Å². The summed E-state index contributed by atoms with van der Waals surface area (Å²) in [5.41, 5.74) is 8.83. The Hall–Kier alpha value is -4.28. The van der Waals surface area contributed by atoms with E-state index in [1.165, 1.54) is 75.9 Å². The van der Waals surface area contributed by atoms with Crippen LogP contribution in [-0.4, -0.2) is 13.5 Å². The lowest BCUT2D eigenvalue weighted by Gasteiger charge is -2.09. The van der Waals surface area contributed by atoms with E-state index >= 15 is 0 Å². The van der Waals surface area contributed by atoms with Crippen LogP contribution in [0.25, 0.3) is 75.9 Å². The van der Waals surface area contributed by atoms with Gasteiger partial charge in [0.2, 0.25) is 0 Å². The van der Waals surface area contributed by atoms with Crippen molar-refractivity contribution >= 4 is 81.6 Å². The van der Waals surface area contributed by atoms with Gasteiger partial charge in [-0.05, 0) is 47.8 Å². The number of thiophene rings is 1. The lowest BCUT2D eigenvalue weighted by atomic mass is 10.1. The molecule has 5 aromatic heterocycles. The summed E-state index contributed by atoms with van der Waals surface area (Å²) < 4.78 is 8.69. The molecule has 0 radical (unpaired) electrons. The summed E-state index contributed by atoms with van der Waals surface area (Å²) in [5, 5.41) is 10.3. The summed E-state index contributed by atoms with van der Waals surface area (Å²) in [6.07, 6.45) is 0. The van der Waals surface area contributed by atoms with Crippen molar-refractivity contribution in [2.24, 2.45) is 7.05 Å². The molecule has 0 aliphatic carbocycles. The second-order valence-corrected chi connectivity index (χ2v) is 10.4. The van der Waals surface area contributed by atoms with Gasteiger partial charge < -0.3 is 4.57 Å². The lowest BCUT2D eigenvalue weighted by Crippen LogP contribution is -1.97. The van der Waals surface area contributed by atoms with Gasteiger partial charge in [-0.15, -0.1) is 11.3 Å². The van der Waals surface area contributed by atoms with Gasteiger partial charge in [-0.25, -0.2) is 0 Å². The summed E-state index contributed by atoms with van der Waals surface area (Å²) in [4.78, 5) is 0. The Morgan fingerprint density at radius 2 is 1.34 bits per heavy atom. The van der Waals surface area contributed by atoms with Gasteiger partial charge in [0.05, 0.1) is 26.8 Å². The van der Waals surface area contributed by atoms with E-state index in [-0.39, 0.29) is 0 Å². The van der Waals surface area contributed by atoms with Gasteiger partial charge >= 0.3 is 0 Å². The third-order valence-electron chi connectivity index (χ3n) is 7.87. The number of aryl methyl sites for hydroxylation is 1. The molecule has 9 aromatic rings. The first-order valence-corrected chi connectivity index (χ1v) is 12.8. The fourth-order valence-corrected chi connectivity index (χ4v) is 7.41. The fourth-order valence-electron chi connectivity index (χ4n) is 6.50. The Morgan fingerprint density at radius 3 is 2.26 bits per heavy atom. The van der Waals surface area contributed by atoms with Crippen molar-refractivity contribution in [3.8, 4) is 5.69 Å². The average Bonchev–Trinajstić information content (AvgIpc) is 3.63.